The summed E-state index contributed by atoms with van der Waals surface area (Å²) in [4.78, 5) is 15.4. The van der Waals surface area contributed by atoms with E-state index < -0.39 is 0 Å². The van der Waals surface area contributed by atoms with Crippen LogP contribution in [-0.4, -0.2) is 19.9 Å². The Morgan fingerprint density at radius 3 is 3.25 bits per heavy atom. The van der Waals surface area contributed by atoms with Crippen LogP contribution in [0.3, 0.4) is 0 Å². The van der Waals surface area contributed by atoms with Gasteiger partial charge in [0.05, 0.1) is 0 Å². The Bertz CT molecular complexity index is 430. The molecule has 5 heteroatoms. The van der Waals surface area contributed by atoms with E-state index in [1.165, 1.54) is 6.33 Å². The van der Waals surface area contributed by atoms with Crippen molar-refractivity contribution < 1.29 is 0 Å². The number of nitrogens with zero attached hydrogens (tertiary/aromatic N) is 3. The van der Waals surface area contributed by atoms with E-state index in [1.54, 1.807) is 0 Å². The van der Waals surface area contributed by atoms with Gasteiger partial charge in [-0.15, -0.1) is 0 Å². The van der Waals surface area contributed by atoms with Gasteiger partial charge < -0.3 is 10.3 Å². The lowest BCUT2D eigenvalue weighted by atomic mass is 10.3. The van der Waals surface area contributed by atoms with Gasteiger partial charge in [-0.2, -0.15) is 0 Å². The molecular weight excluding hydrogens is 154 g/mol. The van der Waals surface area contributed by atoms with Gasteiger partial charge in [-0.3, -0.25) is 0 Å². The van der Waals surface area contributed by atoms with Crippen LogP contribution in [-0.2, 0) is 0 Å². The third kappa shape index (κ3) is 0.597. The zero-order valence-corrected chi connectivity index (χ0v) is 6.07. The number of hydrogen-bond donors (Lipinski definition) is 2. The monoisotopic (exact) mass is 159 g/mol. The fourth-order valence-corrected chi connectivity index (χ4v) is 1.23. The second-order valence-electron chi connectivity index (χ2n) is 2.52. The quantitative estimate of drug-likeness (QED) is 0.593. The van der Waals surface area contributed by atoms with Gasteiger partial charge in [-0.05, 0) is 6.08 Å². The summed E-state index contributed by atoms with van der Waals surface area (Å²) in [6.07, 6.45) is 5.19. The SMILES string of the molecule is C1=Cc2nc(c3ncnc-3[nH]2)N1. The second-order valence-corrected chi connectivity index (χ2v) is 2.52. The molecule has 2 bridgehead atoms. The van der Waals surface area contributed by atoms with Crippen molar-refractivity contribution in [2.45, 2.75) is 0 Å². The predicted molar refractivity (Wildman–Crippen MR) is 43.5 cm³/mol. The molecule has 2 N–H and O–H groups in total. The van der Waals surface area contributed by atoms with Gasteiger partial charge in [0.15, 0.2) is 17.3 Å². The Morgan fingerprint density at radius 2 is 2.25 bits per heavy atom. The van der Waals surface area contributed by atoms with Crippen molar-refractivity contribution in [3.05, 3.63) is 18.4 Å². The first-order valence-electron chi connectivity index (χ1n) is 3.57. The van der Waals surface area contributed by atoms with Crippen LogP contribution in [0.5, 0.6) is 0 Å². The highest BCUT2D eigenvalue weighted by Gasteiger charge is 2.15. The second kappa shape index (κ2) is 1.82. The molecule has 0 atom stereocenters. The highest BCUT2D eigenvalue weighted by Crippen LogP contribution is 2.24. The molecule has 0 aliphatic carbocycles. The molecule has 3 aliphatic heterocycles. The number of hydrogen-bond acceptors (Lipinski definition) is 4. The largest absolute Gasteiger partial charge is 0.345 e. The van der Waals surface area contributed by atoms with Crippen LogP contribution in [0, 0.1) is 0 Å². The summed E-state index contributed by atoms with van der Waals surface area (Å²) in [7, 11) is 0. The van der Waals surface area contributed by atoms with Crippen LogP contribution >= 0.6 is 0 Å². The van der Waals surface area contributed by atoms with Gasteiger partial charge >= 0.3 is 0 Å². The zero-order chi connectivity index (χ0) is 7.97. The van der Waals surface area contributed by atoms with Crippen molar-refractivity contribution >= 4 is 11.9 Å². The Kier molecular flexibility index (Phi) is 0.864. The number of aromatic nitrogens is 4. The van der Waals surface area contributed by atoms with E-state index in [9.17, 15) is 0 Å². The summed E-state index contributed by atoms with van der Waals surface area (Å²) >= 11 is 0. The molecule has 0 saturated carbocycles. The van der Waals surface area contributed by atoms with Crippen LogP contribution in [0.4, 0.5) is 5.82 Å². The summed E-state index contributed by atoms with van der Waals surface area (Å²) in [5.74, 6) is 2.34. The minimum Gasteiger partial charge on any atom is -0.345 e. The molecule has 3 heterocycles. The van der Waals surface area contributed by atoms with Crippen LogP contribution in [0.1, 0.15) is 5.82 Å². The number of H-pyrrole nitrogens is 1. The zero-order valence-electron chi connectivity index (χ0n) is 6.07. The van der Waals surface area contributed by atoms with Crippen LogP contribution in [0.15, 0.2) is 12.5 Å². The number of anilines is 1. The molecule has 3 rings (SSSR count). The minimum atomic E-state index is 0.763. The van der Waals surface area contributed by atoms with Gasteiger partial charge in [-0.25, -0.2) is 15.0 Å². The lowest BCUT2D eigenvalue weighted by Crippen LogP contribution is -2.05. The van der Waals surface area contributed by atoms with E-state index in [1.807, 2.05) is 12.3 Å². The molecule has 0 saturated heterocycles. The average Bonchev–Trinajstić information content (AvgIpc) is 2.53. The van der Waals surface area contributed by atoms with E-state index >= 15 is 0 Å². The fraction of sp³-hybridized carbons (Fsp3) is 0. The normalized spacial score (nSPS) is 13.3. The third-order valence-electron chi connectivity index (χ3n) is 1.76. The standard InChI is InChI=1S/C7H5N5/c1-2-8-6-5-7(10-3-9-5)12-4(1)11-6/h1-3H,(H2,8,9,10,11,12). The highest BCUT2D eigenvalue weighted by molar-refractivity contribution is 5.72. The predicted octanol–water partition coefficient (Wildman–Crippen LogP) is 0.701. The summed E-state index contributed by atoms with van der Waals surface area (Å²) < 4.78 is 0. The van der Waals surface area contributed by atoms with Gasteiger partial charge in [0.1, 0.15) is 12.2 Å². The lowest BCUT2D eigenvalue weighted by Gasteiger charge is -2.10. The molecular formula is C7H5N5. The molecule has 3 aliphatic rings. The first-order valence-corrected chi connectivity index (χ1v) is 3.57. The van der Waals surface area contributed by atoms with Crippen molar-refractivity contribution in [3.8, 4) is 11.5 Å². The van der Waals surface area contributed by atoms with Gasteiger partial charge in [0.25, 0.3) is 0 Å². The molecule has 0 aromatic carbocycles. The topological polar surface area (TPSA) is 66.5 Å². The number of imidazole rings is 1. The van der Waals surface area contributed by atoms with Gasteiger partial charge in [0.2, 0.25) is 0 Å². The van der Waals surface area contributed by atoms with E-state index in [0.717, 1.165) is 23.2 Å². The van der Waals surface area contributed by atoms with Crippen LogP contribution < -0.4 is 5.32 Å². The van der Waals surface area contributed by atoms with E-state index in [0.29, 0.717) is 0 Å². The maximum absolute atomic E-state index is 4.22. The summed E-state index contributed by atoms with van der Waals surface area (Å²) in [5.41, 5.74) is 0.781. The smallest absolute Gasteiger partial charge is 0.163 e. The van der Waals surface area contributed by atoms with E-state index in [-0.39, 0.29) is 0 Å². The van der Waals surface area contributed by atoms with Crippen LogP contribution in [0.2, 0.25) is 0 Å². The van der Waals surface area contributed by atoms with Gasteiger partial charge in [0, 0.05) is 6.20 Å². The van der Waals surface area contributed by atoms with Crippen molar-refractivity contribution in [1.29, 1.82) is 0 Å². The summed E-state index contributed by atoms with van der Waals surface area (Å²) in [6, 6.07) is 0. The van der Waals surface area contributed by atoms with E-state index in [2.05, 4.69) is 25.3 Å². The van der Waals surface area contributed by atoms with Gasteiger partial charge in [-0.1, -0.05) is 0 Å². The Morgan fingerprint density at radius 1 is 1.25 bits per heavy atom. The molecule has 5 nitrogen and oxygen atoms in total. The maximum atomic E-state index is 4.22. The first-order chi connectivity index (χ1) is 5.93. The minimum absolute atomic E-state index is 0.763. The molecule has 0 radical (unpaired) electrons. The molecule has 58 valence electrons. The molecule has 0 unspecified atom stereocenters. The first kappa shape index (κ1) is 5.70. The number of nitrogens with one attached hydrogen (secondary N) is 2. The molecule has 0 amide bonds. The number of aromatic amines is 1. The number of rotatable bonds is 0. The lowest BCUT2D eigenvalue weighted by molar-refractivity contribution is 1.09. The Balaban J connectivity index is 2.43. The highest BCUT2D eigenvalue weighted by atomic mass is 15.1. The molecule has 0 aromatic heterocycles. The molecule has 12 heavy (non-hydrogen) atoms. The summed E-state index contributed by atoms with van der Waals surface area (Å²) in [5, 5.41) is 3.00. The van der Waals surface area contributed by atoms with E-state index in [4.69, 9.17) is 0 Å². The van der Waals surface area contributed by atoms with Crippen molar-refractivity contribution in [2.75, 3.05) is 5.32 Å². The molecule has 0 aromatic rings. The number of fused-ring (bicyclic) bond motifs is 4. The average molecular weight is 159 g/mol. The maximum Gasteiger partial charge on any atom is 0.163 e. The fourth-order valence-electron chi connectivity index (χ4n) is 1.23. The Hall–Kier alpha value is -1.91. The molecule has 0 fully saturated rings. The Labute approximate surface area is 67.9 Å². The third-order valence-corrected chi connectivity index (χ3v) is 1.76. The van der Waals surface area contributed by atoms with Crippen molar-refractivity contribution in [2.24, 2.45) is 0 Å². The van der Waals surface area contributed by atoms with Crippen LogP contribution in [0.25, 0.3) is 17.6 Å². The van der Waals surface area contributed by atoms with Crippen molar-refractivity contribution in [1.82, 2.24) is 19.9 Å². The molecule has 0 spiro atoms. The summed E-state index contributed by atoms with van der Waals surface area (Å²) in [6.45, 7) is 0. The van der Waals surface area contributed by atoms with Crippen molar-refractivity contribution in [3.63, 3.8) is 0 Å².